The highest BCUT2D eigenvalue weighted by atomic mass is 32.2. The predicted molar refractivity (Wildman–Crippen MR) is 156 cm³/mol. The monoisotopic (exact) mass is 535 g/mol. The predicted octanol–water partition coefficient (Wildman–Crippen LogP) is 5.59. The molecule has 0 saturated carbocycles. The molecular weight excluding hydrogens is 510 g/mol. The molecule has 2 aliphatic rings. The Hall–Kier alpha value is -4.63. The van der Waals surface area contributed by atoms with Gasteiger partial charge in [0.15, 0.2) is 5.84 Å². The normalized spacial score (nSPS) is 15.9. The van der Waals surface area contributed by atoms with Crippen molar-refractivity contribution in [3.05, 3.63) is 102 Å². The summed E-state index contributed by atoms with van der Waals surface area (Å²) < 4.78 is 13.2. The van der Waals surface area contributed by atoms with Crippen LogP contribution in [0.15, 0.2) is 101 Å². The van der Waals surface area contributed by atoms with E-state index in [1.807, 2.05) is 85.1 Å². The van der Waals surface area contributed by atoms with Gasteiger partial charge in [-0.25, -0.2) is 0 Å². The van der Waals surface area contributed by atoms with E-state index < -0.39 is 5.91 Å². The van der Waals surface area contributed by atoms with Crippen LogP contribution in [-0.2, 0) is 17.8 Å². The molecule has 0 fully saturated rings. The third-order valence-electron chi connectivity index (χ3n) is 6.47. The zero-order chi connectivity index (χ0) is 26.8. The fourth-order valence-electron chi connectivity index (χ4n) is 4.54. The van der Waals surface area contributed by atoms with Crippen LogP contribution in [0.5, 0.6) is 11.5 Å². The number of nitrogens with one attached hydrogen (secondary N) is 1. The zero-order valence-electron chi connectivity index (χ0n) is 21.2. The smallest absolute Gasteiger partial charge is 0.283 e. The lowest BCUT2D eigenvalue weighted by atomic mass is 10.1. The lowest BCUT2D eigenvalue weighted by molar-refractivity contribution is -0.114. The maximum absolute atomic E-state index is 13.0. The van der Waals surface area contributed by atoms with E-state index in [1.54, 1.807) is 13.2 Å². The number of hydrogen-bond acceptors (Lipinski definition) is 6. The molecular formula is C30H25N5O3S. The maximum Gasteiger partial charge on any atom is 0.283 e. The molecule has 0 saturated heterocycles. The fourth-order valence-corrected chi connectivity index (χ4v) is 5.46. The molecule has 1 aromatic heterocycles. The van der Waals surface area contributed by atoms with Crippen LogP contribution in [0.4, 0.5) is 0 Å². The number of methoxy groups -OCH3 is 1. The van der Waals surface area contributed by atoms with Gasteiger partial charge in [-0.1, -0.05) is 48.5 Å². The molecule has 3 heterocycles. The summed E-state index contributed by atoms with van der Waals surface area (Å²) in [5.74, 6) is 1.14. The molecule has 9 heteroatoms. The number of benzene rings is 3. The van der Waals surface area contributed by atoms with Crippen LogP contribution < -0.4 is 9.47 Å². The molecule has 6 rings (SSSR count). The van der Waals surface area contributed by atoms with E-state index >= 15 is 0 Å². The molecule has 1 amide bonds. The number of para-hydroxylation sites is 1. The molecule has 0 radical (unpaired) electrons. The number of carbonyl (C=O) groups is 1. The number of fused-ring (bicyclic) bond motifs is 2. The summed E-state index contributed by atoms with van der Waals surface area (Å²) in [6.07, 6.45) is 4.34. The Balaban J connectivity index is 1.23. The van der Waals surface area contributed by atoms with Crippen molar-refractivity contribution < 1.29 is 14.3 Å². The number of hydrogen-bond donors (Lipinski definition) is 1. The molecule has 0 atom stereocenters. The van der Waals surface area contributed by atoms with E-state index in [-0.39, 0.29) is 11.4 Å². The number of aliphatic imine (C=N–C) groups is 1. The number of carbonyl (C=O) groups excluding carboxylic acids is 1. The van der Waals surface area contributed by atoms with Crippen molar-refractivity contribution in [1.82, 2.24) is 9.58 Å². The number of thioether (sulfide) groups is 1. The quantitative estimate of drug-likeness (QED) is 0.297. The molecule has 0 aliphatic carbocycles. The Morgan fingerprint density at radius 1 is 0.974 bits per heavy atom. The number of hydrazone groups is 1. The summed E-state index contributed by atoms with van der Waals surface area (Å²) in [7, 11) is 1.63. The van der Waals surface area contributed by atoms with Crippen LogP contribution in [0.3, 0.4) is 0 Å². The highest BCUT2D eigenvalue weighted by Crippen LogP contribution is 2.31. The number of aromatic nitrogens is 1. The van der Waals surface area contributed by atoms with Gasteiger partial charge in [0.25, 0.3) is 5.91 Å². The Morgan fingerprint density at radius 2 is 1.72 bits per heavy atom. The van der Waals surface area contributed by atoms with E-state index in [1.165, 1.54) is 16.8 Å². The minimum atomic E-state index is -0.436. The Labute approximate surface area is 229 Å². The Bertz CT molecular complexity index is 1660. The highest BCUT2D eigenvalue weighted by molar-refractivity contribution is 8.26. The number of nitrogens with zero attached hydrogens (tertiary/aromatic N) is 4. The van der Waals surface area contributed by atoms with Crippen molar-refractivity contribution in [3.8, 4) is 11.5 Å². The maximum atomic E-state index is 13.0. The summed E-state index contributed by atoms with van der Waals surface area (Å²) in [6, 6.07) is 25.5. The van der Waals surface area contributed by atoms with E-state index in [9.17, 15) is 4.79 Å². The van der Waals surface area contributed by atoms with Crippen LogP contribution >= 0.6 is 11.8 Å². The van der Waals surface area contributed by atoms with Gasteiger partial charge >= 0.3 is 0 Å². The molecule has 3 aromatic carbocycles. The molecule has 194 valence electrons. The SMILES string of the molecule is COc1ccc(OCCn2cc(/C=C3/C(=N)N4N=C(Cc5ccccc5)SC4=NC3=O)c3ccccc32)cc1. The van der Waals surface area contributed by atoms with Crippen molar-refractivity contribution in [2.75, 3.05) is 13.7 Å². The first-order valence-electron chi connectivity index (χ1n) is 12.5. The highest BCUT2D eigenvalue weighted by Gasteiger charge is 2.35. The average Bonchev–Trinajstić information content (AvgIpc) is 3.53. The first-order chi connectivity index (χ1) is 19.1. The molecule has 8 nitrogen and oxygen atoms in total. The van der Waals surface area contributed by atoms with Crippen LogP contribution in [0.2, 0.25) is 0 Å². The van der Waals surface area contributed by atoms with Gasteiger partial charge in [0.1, 0.15) is 23.1 Å². The number of rotatable bonds is 8. The van der Waals surface area contributed by atoms with Gasteiger partial charge in [0.05, 0.1) is 19.2 Å². The Kier molecular flexibility index (Phi) is 6.73. The first kappa shape index (κ1) is 24.7. The van der Waals surface area contributed by atoms with Gasteiger partial charge in [0, 0.05) is 29.1 Å². The third-order valence-corrected chi connectivity index (χ3v) is 7.38. The van der Waals surface area contributed by atoms with Gasteiger partial charge in [-0.15, -0.1) is 0 Å². The van der Waals surface area contributed by atoms with E-state index in [0.717, 1.165) is 38.6 Å². The van der Waals surface area contributed by atoms with Gasteiger partial charge in [0.2, 0.25) is 5.17 Å². The number of amidine groups is 2. The third kappa shape index (κ3) is 5.08. The Morgan fingerprint density at radius 3 is 2.51 bits per heavy atom. The van der Waals surface area contributed by atoms with E-state index in [0.29, 0.717) is 24.7 Å². The van der Waals surface area contributed by atoms with Crippen molar-refractivity contribution >= 4 is 50.7 Å². The van der Waals surface area contributed by atoms with Gasteiger partial charge < -0.3 is 14.0 Å². The minimum Gasteiger partial charge on any atom is -0.497 e. The summed E-state index contributed by atoms with van der Waals surface area (Å²) in [5.41, 5.74) is 3.17. The summed E-state index contributed by atoms with van der Waals surface area (Å²) in [4.78, 5) is 17.3. The zero-order valence-corrected chi connectivity index (χ0v) is 22.0. The summed E-state index contributed by atoms with van der Waals surface area (Å²) in [5, 5.41) is 17.0. The van der Waals surface area contributed by atoms with Crippen molar-refractivity contribution in [2.24, 2.45) is 10.1 Å². The van der Waals surface area contributed by atoms with Crippen LogP contribution in [-0.4, -0.2) is 45.2 Å². The van der Waals surface area contributed by atoms with Gasteiger partial charge in [-0.05, 0) is 53.7 Å². The average molecular weight is 536 g/mol. The summed E-state index contributed by atoms with van der Waals surface area (Å²) >= 11 is 1.33. The van der Waals surface area contributed by atoms with Gasteiger partial charge in [-0.2, -0.15) is 15.1 Å². The molecule has 4 aromatic rings. The molecule has 39 heavy (non-hydrogen) atoms. The van der Waals surface area contributed by atoms with Gasteiger partial charge in [-0.3, -0.25) is 10.2 Å². The van der Waals surface area contributed by atoms with Crippen molar-refractivity contribution in [3.63, 3.8) is 0 Å². The van der Waals surface area contributed by atoms with Crippen LogP contribution in [0.1, 0.15) is 11.1 Å². The molecule has 1 N–H and O–H groups in total. The van der Waals surface area contributed by atoms with Crippen LogP contribution in [0, 0.1) is 5.41 Å². The second-order valence-electron chi connectivity index (χ2n) is 9.00. The number of ether oxygens (including phenoxy) is 2. The second kappa shape index (κ2) is 10.6. The summed E-state index contributed by atoms with van der Waals surface area (Å²) in [6.45, 7) is 1.08. The molecule has 0 unspecified atom stereocenters. The first-order valence-corrected chi connectivity index (χ1v) is 13.3. The lowest BCUT2D eigenvalue weighted by Crippen LogP contribution is -2.35. The standard InChI is InChI=1S/C30H25N5O3S/c1-37-22-11-13-23(14-12-22)38-16-15-34-19-21(24-9-5-6-10-26(24)34)18-25-28(31)35-30(32-29(25)36)39-27(33-35)17-20-7-3-2-4-8-20/h2-14,18-19,31H,15-17H2,1H3/b25-18-,31-28?. The van der Waals surface area contributed by atoms with Crippen LogP contribution in [0.25, 0.3) is 17.0 Å². The van der Waals surface area contributed by atoms with E-state index in [4.69, 9.17) is 14.9 Å². The minimum absolute atomic E-state index is 0.0280. The molecule has 2 aliphatic heterocycles. The largest absolute Gasteiger partial charge is 0.497 e. The second-order valence-corrected chi connectivity index (χ2v) is 10.0. The molecule has 0 spiro atoms. The topological polar surface area (TPSA) is 92.3 Å². The lowest BCUT2D eigenvalue weighted by Gasteiger charge is -2.20. The number of amides is 1. The fraction of sp³-hybridized carbons (Fsp3) is 0.133. The van der Waals surface area contributed by atoms with Crippen molar-refractivity contribution in [1.29, 1.82) is 5.41 Å². The molecule has 0 bridgehead atoms. The van der Waals surface area contributed by atoms with Crippen molar-refractivity contribution in [2.45, 2.75) is 13.0 Å². The van der Waals surface area contributed by atoms with E-state index in [2.05, 4.69) is 14.7 Å².